The zero-order valence-electron chi connectivity index (χ0n) is 11.8. The Bertz CT molecular complexity index is 680. The van der Waals surface area contributed by atoms with Crippen molar-refractivity contribution < 1.29 is 9.00 Å². The second kappa shape index (κ2) is 6.01. The van der Waals surface area contributed by atoms with E-state index < -0.39 is 10.8 Å². The Hall–Kier alpha value is -1.94. The number of hydrogen-bond donors (Lipinski definition) is 1. The van der Waals surface area contributed by atoms with Crippen LogP contribution in [0.15, 0.2) is 47.4 Å². The molecule has 1 unspecified atom stereocenters. The minimum absolute atomic E-state index is 0.180. The van der Waals surface area contributed by atoms with Crippen LogP contribution < -0.4 is 5.32 Å². The minimum atomic E-state index is -1.14. The van der Waals surface area contributed by atoms with E-state index in [2.05, 4.69) is 5.32 Å². The molecule has 0 aliphatic heterocycles. The molecule has 3 nitrogen and oxygen atoms in total. The standard InChI is InChI=1S/C16H17NO2S/c1-11-8-9-13(12(2)10-11)16(18)17-14-6-4-5-7-15(14)20(3)19/h4-10H,1-3H3,(H,17,18). The van der Waals surface area contributed by atoms with Gasteiger partial charge in [-0.05, 0) is 37.6 Å². The van der Waals surface area contributed by atoms with Crippen molar-refractivity contribution in [1.29, 1.82) is 0 Å². The van der Waals surface area contributed by atoms with Crippen molar-refractivity contribution in [1.82, 2.24) is 0 Å². The highest BCUT2D eigenvalue weighted by molar-refractivity contribution is 7.84. The summed E-state index contributed by atoms with van der Waals surface area (Å²) >= 11 is 0. The summed E-state index contributed by atoms with van der Waals surface area (Å²) in [5.41, 5.74) is 3.28. The lowest BCUT2D eigenvalue weighted by Gasteiger charge is -2.11. The predicted molar refractivity (Wildman–Crippen MR) is 82.6 cm³/mol. The zero-order chi connectivity index (χ0) is 14.7. The number of amides is 1. The van der Waals surface area contributed by atoms with Crippen molar-refractivity contribution in [3.63, 3.8) is 0 Å². The van der Waals surface area contributed by atoms with Gasteiger partial charge in [-0.15, -0.1) is 0 Å². The number of nitrogens with one attached hydrogen (secondary N) is 1. The van der Waals surface area contributed by atoms with Crippen LogP contribution >= 0.6 is 0 Å². The molecule has 20 heavy (non-hydrogen) atoms. The topological polar surface area (TPSA) is 46.2 Å². The fourth-order valence-corrected chi connectivity index (χ4v) is 2.78. The van der Waals surface area contributed by atoms with Gasteiger partial charge in [0.2, 0.25) is 0 Å². The monoisotopic (exact) mass is 287 g/mol. The Morgan fingerprint density at radius 3 is 2.45 bits per heavy atom. The van der Waals surface area contributed by atoms with Gasteiger partial charge in [0.05, 0.1) is 21.4 Å². The molecule has 104 valence electrons. The lowest BCUT2D eigenvalue weighted by atomic mass is 10.1. The van der Waals surface area contributed by atoms with Crippen LogP contribution in [0.3, 0.4) is 0 Å². The molecule has 0 aliphatic carbocycles. The van der Waals surface area contributed by atoms with Crippen LogP contribution in [-0.2, 0) is 10.8 Å². The van der Waals surface area contributed by atoms with Gasteiger partial charge in [-0.3, -0.25) is 9.00 Å². The summed E-state index contributed by atoms with van der Waals surface area (Å²) in [5, 5.41) is 2.84. The molecule has 1 atom stereocenters. The lowest BCUT2D eigenvalue weighted by Crippen LogP contribution is -2.14. The van der Waals surface area contributed by atoms with Gasteiger partial charge in [0.1, 0.15) is 0 Å². The molecular formula is C16H17NO2S. The maximum absolute atomic E-state index is 12.3. The van der Waals surface area contributed by atoms with Gasteiger partial charge in [0.15, 0.2) is 0 Å². The fraction of sp³-hybridized carbons (Fsp3) is 0.188. The Morgan fingerprint density at radius 2 is 1.80 bits per heavy atom. The van der Waals surface area contributed by atoms with E-state index in [-0.39, 0.29) is 5.91 Å². The molecule has 0 fully saturated rings. The lowest BCUT2D eigenvalue weighted by molar-refractivity contribution is 0.102. The summed E-state index contributed by atoms with van der Waals surface area (Å²) in [6.45, 7) is 3.90. The molecule has 0 aromatic heterocycles. The predicted octanol–water partition coefficient (Wildman–Crippen LogP) is 3.29. The van der Waals surface area contributed by atoms with E-state index in [0.29, 0.717) is 16.1 Å². The van der Waals surface area contributed by atoms with Crippen molar-refractivity contribution >= 4 is 22.4 Å². The quantitative estimate of drug-likeness (QED) is 0.941. The average Bonchev–Trinajstić information content (AvgIpc) is 2.38. The van der Waals surface area contributed by atoms with E-state index in [1.807, 2.05) is 44.2 Å². The SMILES string of the molecule is Cc1ccc(C(=O)Nc2ccccc2S(C)=O)c(C)c1. The Balaban J connectivity index is 2.30. The van der Waals surface area contributed by atoms with Crippen molar-refractivity contribution in [3.8, 4) is 0 Å². The molecule has 0 heterocycles. The molecule has 2 aromatic rings. The molecular weight excluding hydrogens is 270 g/mol. The third kappa shape index (κ3) is 3.14. The van der Waals surface area contributed by atoms with Crippen molar-refractivity contribution in [2.45, 2.75) is 18.7 Å². The molecule has 0 aliphatic rings. The smallest absolute Gasteiger partial charge is 0.255 e. The van der Waals surface area contributed by atoms with Gasteiger partial charge < -0.3 is 5.32 Å². The maximum Gasteiger partial charge on any atom is 0.255 e. The second-order valence-electron chi connectivity index (χ2n) is 4.72. The van der Waals surface area contributed by atoms with E-state index in [1.54, 1.807) is 18.4 Å². The molecule has 0 bridgehead atoms. The molecule has 2 rings (SSSR count). The number of rotatable bonds is 3. The first kappa shape index (κ1) is 14.5. The zero-order valence-corrected chi connectivity index (χ0v) is 12.6. The third-order valence-electron chi connectivity index (χ3n) is 3.07. The van der Waals surface area contributed by atoms with Crippen LogP contribution in [0.4, 0.5) is 5.69 Å². The highest BCUT2D eigenvalue weighted by atomic mass is 32.2. The summed E-state index contributed by atoms with van der Waals surface area (Å²) in [7, 11) is -1.14. The molecule has 0 saturated heterocycles. The van der Waals surface area contributed by atoms with E-state index >= 15 is 0 Å². The van der Waals surface area contributed by atoms with Crippen LogP contribution in [0.5, 0.6) is 0 Å². The first-order valence-corrected chi connectivity index (χ1v) is 7.86. The number of benzene rings is 2. The highest BCUT2D eigenvalue weighted by Gasteiger charge is 2.12. The molecule has 4 heteroatoms. The van der Waals surface area contributed by atoms with Gasteiger partial charge >= 0.3 is 0 Å². The largest absolute Gasteiger partial charge is 0.321 e. The van der Waals surface area contributed by atoms with E-state index in [0.717, 1.165) is 11.1 Å². The maximum atomic E-state index is 12.3. The molecule has 2 aromatic carbocycles. The van der Waals surface area contributed by atoms with Gasteiger partial charge in [-0.2, -0.15) is 0 Å². The van der Waals surface area contributed by atoms with E-state index in [9.17, 15) is 9.00 Å². The Labute approximate surface area is 121 Å². The number of para-hydroxylation sites is 1. The van der Waals surface area contributed by atoms with E-state index in [4.69, 9.17) is 0 Å². The van der Waals surface area contributed by atoms with Crippen molar-refractivity contribution in [3.05, 3.63) is 59.2 Å². The summed E-state index contributed by atoms with van der Waals surface area (Å²) in [4.78, 5) is 12.9. The molecule has 0 saturated carbocycles. The van der Waals surface area contributed by atoms with Gasteiger partial charge in [0, 0.05) is 11.8 Å². The second-order valence-corrected chi connectivity index (χ2v) is 6.07. The fourth-order valence-electron chi connectivity index (χ4n) is 2.08. The first-order valence-electron chi connectivity index (χ1n) is 6.30. The Morgan fingerprint density at radius 1 is 1.10 bits per heavy atom. The van der Waals surface area contributed by atoms with Crippen molar-refractivity contribution in [2.75, 3.05) is 11.6 Å². The summed E-state index contributed by atoms with van der Waals surface area (Å²) in [6.07, 6.45) is 1.60. The van der Waals surface area contributed by atoms with Gasteiger partial charge in [-0.25, -0.2) is 0 Å². The van der Waals surface area contributed by atoms with Crippen LogP contribution in [0.1, 0.15) is 21.5 Å². The molecule has 0 spiro atoms. The highest BCUT2D eigenvalue weighted by Crippen LogP contribution is 2.20. The van der Waals surface area contributed by atoms with Crippen LogP contribution in [0.25, 0.3) is 0 Å². The number of carbonyl (C=O) groups excluding carboxylic acids is 1. The van der Waals surface area contributed by atoms with Gasteiger partial charge in [0.25, 0.3) is 5.91 Å². The number of carbonyl (C=O) groups is 1. The average molecular weight is 287 g/mol. The van der Waals surface area contributed by atoms with Crippen LogP contribution in [-0.4, -0.2) is 16.4 Å². The van der Waals surface area contributed by atoms with E-state index in [1.165, 1.54) is 0 Å². The van der Waals surface area contributed by atoms with Crippen molar-refractivity contribution in [2.24, 2.45) is 0 Å². The molecule has 1 amide bonds. The summed E-state index contributed by atoms with van der Waals surface area (Å²) in [6, 6.07) is 12.8. The summed E-state index contributed by atoms with van der Waals surface area (Å²) < 4.78 is 11.7. The number of anilines is 1. The normalized spacial score (nSPS) is 11.9. The summed E-state index contributed by atoms with van der Waals surface area (Å²) in [5.74, 6) is -0.180. The van der Waals surface area contributed by atoms with Crippen LogP contribution in [0.2, 0.25) is 0 Å². The number of aryl methyl sites for hydroxylation is 2. The van der Waals surface area contributed by atoms with Crippen LogP contribution in [0, 0.1) is 13.8 Å². The minimum Gasteiger partial charge on any atom is -0.321 e. The number of hydrogen-bond acceptors (Lipinski definition) is 2. The Kier molecular flexibility index (Phi) is 4.35. The van der Waals surface area contributed by atoms with Gasteiger partial charge in [-0.1, -0.05) is 29.8 Å². The molecule has 1 N–H and O–H groups in total. The first-order chi connectivity index (χ1) is 9.49. The third-order valence-corrected chi connectivity index (χ3v) is 4.05. The molecule has 0 radical (unpaired) electrons.